The van der Waals surface area contributed by atoms with E-state index >= 15 is 0 Å². The fraction of sp³-hybridized carbons (Fsp3) is 0.500. The lowest BCUT2D eigenvalue weighted by molar-refractivity contribution is -0.121. The summed E-state index contributed by atoms with van der Waals surface area (Å²) in [7, 11) is 0. The lowest BCUT2D eigenvalue weighted by Crippen LogP contribution is -2.47. The van der Waals surface area contributed by atoms with Crippen LogP contribution in [0.4, 0.5) is 0 Å². The molecule has 1 amide bonds. The average Bonchev–Trinajstić information content (AvgIpc) is 2.28. The van der Waals surface area contributed by atoms with Gasteiger partial charge in [-0.05, 0) is 42.5 Å². The van der Waals surface area contributed by atoms with E-state index in [9.17, 15) is 4.79 Å². The zero-order valence-corrected chi connectivity index (χ0v) is 12.0. The molecule has 3 nitrogen and oxygen atoms in total. The molecule has 0 aliphatic heterocycles. The third kappa shape index (κ3) is 3.33. The number of carbonyl (C=O) groups excluding carboxylic acids is 1. The average molecular weight is 311 g/mol. The van der Waals surface area contributed by atoms with E-state index in [0.29, 0.717) is 13.0 Å². The minimum atomic E-state index is 0.0767. The second kappa shape index (κ2) is 5.85. The lowest BCUT2D eigenvalue weighted by atomic mass is 9.69. The Bertz CT molecular complexity index is 424. The molecule has 1 aliphatic carbocycles. The molecule has 1 aromatic carbocycles. The van der Waals surface area contributed by atoms with Crippen molar-refractivity contribution in [3.63, 3.8) is 0 Å². The molecular weight excluding hydrogens is 292 g/mol. The van der Waals surface area contributed by atoms with Crippen LogP contribution < -0.4 is 11.1 Å². The van der Waals surface area contributed by atoms with E-state index in [0.717, 1.165) is 29.4 Å². The van der Waals surface area contributed by atoms with Crippen molar-refractivity contribution < 1.29 is 4.79 Å². The number of hydrogen-bond acceptors (Lipinski definition) is 2. The van der Waals surface area contributed by atoms with Gasteiger partial charge in [-0.2, -0.15) is 0 Å². The Morgan fingerprint density at radius 1 is 1.44 bits per heavy atom. The summed E-state index contributed by atoms with van der Waals surface area (Å²) in [5.41, 5.74) is 6.97. The van der Waals surface area contributed by atoms with Crippen LogP contribution >= 0.6 is 15.9 Å². The molecule has 0 spiro atoms. The summed E-state index contributed by atoms with van der Waals surface area (Å²) in [6.45, 7) is 1.39. The third-order valence-corrected chi connectivity index (χ3v) is 4.25. The molecule has 18 heavy (non-hydrogen) atoms. The van der Waals surface area contributed by atoms with Gasteiger partial charge in [-0.25, -0.2) is 0 Å². The Labute approximate surface area is 116 Å². The maximum absolute atomic E-state index is 11.9. The van der Waals surface area contributed by atoms with Gasteiger partial charge in [0.25, 0.3) is 0 Å². The Morgan fingerprint density at radius 3 is 2.78 bits per heavy atom. The van der Waals surface area contributed by atoms with Crippen LogP contribution in [0.3, 0.4) is 0 Å². The van der Waals surface area contributed by atoms with Gasteiger partial charge in [-0.15, -0.1) is 0 Å². The van der Waals surface area contributed by atoms with Crippen LogP contribution in [0.25, 0.3) is 0 Å². The number of hydrogen-bond donors (Lipinski definition) is 2. The summed E-state index contributed by atoms with van der Waals surface area (Å²) in [5.74, 6) is 0.0767. The molecule has 1 saturated carbocycles. The zero-order valence-electron chi connectivity index (χ0n) is 10.4. The third-order valence-electron chi connectivity index (χ3n) is 3.76. The minimum Gasteiger partial charge on any atom is -0.355 e. The molecule has 0 radical (unpaired) electrons. The van der Waals surface area contributed by atoms with Crippen LogP contribution in [0, 0.1) is 5.41 Å². The van der Waals surface area contributed by atoms with Gasteiger partial charge in [0.2, 0.25) is 5.91 Å². The molecule has 1 fully saturated rings. The molecule has 1 aromatic rings. The van der Waals surface area contributed by atoms with E-state index in [4.69, 9.17) is 5.73 Å². The molecule has 0 unspecified atom stereocenters. The van der Waals surface area contributed by atoms with Crippen LogP contribution in [0.5, 0.6) is 0 Å². The number of carbonyl (C=O) groups is 1. The van der Waals surface area contributed by atoms with E-state index in [1.807, 2.05) is 24.3 Å². The van der Waals surface area contributed by atoms with Crippen molar-refractivity contribution in [3.05, 3.63) is 34.3 Å². The molecule has 1 aliphatic rings. The van der Waals surface area contributed by atoms with Gasteiger partial charge in [0.05, 0.1) is 6.42 Å². The number of rotatable bonds is 5. The largest absolute Gasteiger partial charge is 0.355 e. The second-order valence-electron chi connectivity index (χ2n) is 5.14. The molecule has 2 rings (SSSR count). The minimum absolute atomic E-state index is 0.0767. The predicted molar refractivity (Wildman–Crippen MR) is 76.2 cm³/mol. The molecule has 3 N–H and O–H groups in total. The number of nitrogens with one attached hydrogen (secondary N) is 1. The molecular formula is C14H19BrN2O. The smallest absolute Gasteiger partial charge is 0.224 e. The fourth-order valence-electron chi connectivity index (χ4n) is 2.31. The van der Waals surface area contributed by atoms with Crippen LogP contribution in [-0.4, -0.2) is 19.0 Å². The Morgan fingerprint density at radius 2 is 2.22 bits per heavy atom. The molecule has 0 aromatic heterocycles. The van der Waals surface area contributed by atoms with Crippen molar-refractivity contribution in [1.82, 2.24) is 5.32 Å². The first kappa shape index (κ1) is 13.6. The summed E-state index contributed by atoms with van der Waals surface area (Å²) in [5, 5.41) is 3.01. The van der Waals surface area contributed by atoms with E-state index in [-0.39, 0.29) is 11.3 Å². The van der Waals surface area contributed by atoms with Crippen LogP contribution in [0.15, 0.2) is 28.7 Å². The monoisotopic (exact) mass is 310 g/mol. The highest BCUT2D eigenvalue weighted by atomic mass is 79.9. The van der Waals surface area contributed by atoms with Crippen LogP contribution in [-0.2, 0) is 11.2 Å². The number of nitrogens with two attached hydrogens (primary N) is 1. The molecule has 98 valence electrons. The van der Waals surface area contributed by atoms with Gasteiger partial charge in [-0.1, -0.05) is 34.5 Å². The highest BCUT2D eigenvalue weighted by Crippen LogP contribution is 2.39. The summed E-state index contributed by atoms with van der Waals surface area (Å²) in [4.78, 5) is 11.9. The Kier molecular flexibility index (Phi) is 4.40. The Balaban J connectivity index is 1.82. The topological polar surface area (TPSA) is 55.1 Å². The van der Waals surface area contributed by atoms with E-state index in [1.165, 1.54) is 6.42 Å². The van der Waals surface area contributed by atoms with Gasteiger partial charge < -0.3 is 11.1 Å². The first-order valence-corrected chi connectivity index (χ1v) is 7.14. The highest BCUT2D eigenvalue weighted by Gasteiger charge is 2.35. The molecule has 0 bridgehead atoms. The Hall–Kier alpha value is -0.870. The second-order valence-corrected chi connectivity index (χ2v) is 6.06. The van der Waals surface area contributed by atoms with Gasteiger partial charge >= 0.3 is 0 Å². The van der Waals surface area contributed by atoms with Crippen molar-refractivity contribution in [2.45, 2.75) is 25.7 Å². The number of benzene rings is 1. The maximum Gasteiger partial charge on any atom is 0.224 e. The summed E-state index contributed by atoms with van der Waals surface area (Å²) in [6.07, 6.45) is 3.94. The number of halogens is 1. The SMILES string of the molecule is NCC1(CNC(=O)Cc2cccc(Br)c2)CCC1. The normalized spacial score (nSPS) is 17.0. The summed E-state index contributed by atoms with van der Waals surface area (Å²) < 4.78 is 1.00. The standard InChI is InChI=1S/C14H19BrN2O/c15-12-4-1-3-11(7-12)8-13(18)17-10-14(9-16)5-2-6-14/h1,3-4,7H,2,5-6,8-10,16H2,(H,17,18). The van der Waals surface area contributed by atoms with Gasteiger partial charge in [-0.3, -0.25) is 4.79 Å². The van der Waals surface area contributed by atoms with Crippen molar-refractivity contribution in [3.8, 4) is 0 Å². The van der Waals surface area contributed by atoms with E-state index < -0.39 is 0 Å². The molecule has 0 heterocycles. The van der Waals surface area contributed by atoms with E-state index in [2.05, 4.69) is 21.2 Å². The lowest BCUT2D eigenvalue weighted by Gasteiger charge is -2.41. The highest BCUT2D eigenvalue weighted by molar-refractivity contribution is 9.10. The zero-order chi connectivity index (χ0) is 13.0. The maximum atomic E-state index is 11.9. The summed E-state index contributed by atoms with van der Waals surface area (Å²) in [6, 6.07) is 7.84. The first-order valence-electron chi connectivity index (χ1n) is 6.35. The van der Waals surface area contributed by atoms with Crippen LogP contribution in [0.1, 0.15) is 24.8 Å². The van der Waals surface area contributed by atoms with E-state index in [1.54, 1.807) is 0 Å². The van der Waals surface area contributed by atoms with Gasteiger partial charge in [0, 0.05) is 11.0 Å². The fourth-order valence-corrected chi connectivity index (χ4v) is 2.76. The van der Waals surface area contributed by atoms with Crippen molar-refractivity contribution in [1.29, 1.82) is 0 Å². The van der Waals surface area contributed by atoms with Crippen molar-refractivity contribution in [2.24, 2.45) is 11.1 Å². The van der Waals surface area contributed by atoms with Crippen molar-refractivity contribution >= 4 is 21.8 Å². The first-order chi connectivity index (χ1) is 8.63. The van der Waals surface area contributed by atoms with Gasteiger partial charge in [0.1, 0.15) is 0 Å². The molecule has 0 saturated heterocycles. The molecule has 0 atom stereocenters. The van der Waals surface area contributed by atoms with Crippen LogP contribution in [0.2, 0.25) is 0 Å². The quantitative estimate of drug-likeness (QED) is 0.876. The van der Waals surface area contributed by atoms with Gasteiger partial charge in [0.15, 0.2) is 0 Å². The summed E-state index contributed by atoms with van der Waals surface area (Å²) >= 11 is 3.41. The van der Waals surface area contributed by atoms with Crippen molar-refractivity contribution in [2.75, 3.05) is 13.1 Å². The predicted octanol–water partition coefficient (Wildman–Crippen LogP) is 2.24. The number of amides is 1. The molecule has 4 heteroatoms.